The van der Waals surface area contributed by atoms with E-state index in [4.69, 9.17) is 5.73 Å². The molecule has 4 heteroatoms. The molecule has 0 spiro atoms. The summed E-state index contributed by atoms with van der Waals surface area (Å²) in [5.74, 6) is -0.00912. The van der Waals surface area contributed by atoms with Crippen molar-refractivity contribution < 1.29 is 4.79 Å². The van der Waals surface area contributed by atoms with E-state index in [0.29, 0.717) is 13.1 Å². The molecule has 0 aliphatic heterocycles. The number of hydrogen-bond acceptors (Lipinski definition) is 3. The summed E-state index contributed by atoms with van der Waals surface area (Å²) in [6, 6.07) is 7.71. The molecule has 0 fully saturated rings. The van der Waals surface area contributed by atoms with Gasteiger partial charge in [0.1, 0.15) is 0 Å². The van der Waals surface area contributed by atoms with Crippen molar-refractivity contribution in [2.45, 2.75) is 12.8 Å². The van der Waals surface area contributed by atoms with Gasteiger partial charge in [0.05, 0.1) is 0 Å². The van der Waals surface area contributed by atoms with E-state index in [1.807, 2.05) is 31.3 Å². The molecule has 1 amide bonds. The third-order valence-corrected chi connectivity index (χ3v) is 2.57. The smallest absolute Gasteiger partial charge is 0.251 e. The van der Waals surface area contributed by atoms with Crippen molar-refractivity contribution in [2.24, 2.45) is 5.73 Å². The van der Waals surface area contributed by atoms with Crippen LogP contribution >= 0.6 is 0 Å². The molecule has 0 atom stereocenters. The lowest BCUT2D eigenvalue weighted by Gasteiger charge is -2.09. The van der Waals surface area contributed by atoms with Gasteiger partial charge in [-0.3, -0.25) is 4.79 Å². The van der Waals surface area contributed by atoms with Gasteiger partial charge in [0.2, 0.25) is 0 Å². The van der Waals surface area contributed by atoms with Crippen LogP contribution in [0.1, 0.15) is 22.3 Å². The van der Waals surface area contributed by atoms with Gasteiger partial charge >= 0.3 is 0 Å². The van der Waals surface area contributed by atoms with Crippen molar-refractivity contribution in [3.63, 3.8) is 0 Å². The maximum atomic E-state index is 11.9. The second-order valence-corrected chi connectivity index (χ2v) is 3.91. The first kappa shape index (κ1) is 13.7. The molecule has 94 valence electrons. The van der Waals surface area contributed by atoms with Crippen LogP contribution < -0.4 is 16.4 Å². The van der Waals surface area contributed by atoms with Gasteiger partial charge in [-0.2, -0.15) is 0 Å². The van der Waals surface area contributed by atoms with E-state index in [9.17, 15) is 4.79 Å². The van der Waals surface area contributed by atoms with E-state index < -0.39 is 0 Å². The monoisotopic (exact) mass is 235 g/mol. The molecular formula is C13H21N3O. The van der Waals surface area contributed by atoms with E-state index in [0.717, 1.165) is 30.5 Å². The normalized spacial score (nSPS) is 10.2. The standard InChI is InChI=1S/C13H21N3O/c1-15-10-7-11-5-2-3-6-12(11)13(17)16-9-4-8-14/h2-3,5-6,15H,4,7-10,14H2,1H3,(H,16,17). The zero-order valence-corrected chi connectivity index (χ0v) is 10.3. The molecule has 0 saturated carbocycles. The van der Waals surface area contributed by atoms with Gasteiger partial charge in [-0.05, 0) is 44.6 Å². The summed E-state index contributed by atoms with van der Waals surface area (Å²) in [6.45, 7) is 2.10. The molecular weight excluding hydrogens is 214 g/mol. The van der Waals surface area contributed by atoms with Crippen LogP contribution in [-0.4, -0.2) is 32.6 Å². The number of likely N-dealkylation sites (N-methyl/N-ethyl adjacent to an activating group) is 1. The van der Waals surface area contributed by atoms with E-state index in [1.165, 1.54) is 0 Å². The van der Waals surface area contributed by atoms with Crippen LogP contribution in [0.4, 0.5) is 0 Å². The largest absolute Gasteiger partial charge is 0.352 e. The SMILES string of the molecule is CNCCc1ccccc1C(=O)NCCCN. The highest BCUT2D eigenvalue weighted by Gasteiger charge is 2.09. The minimum Gasteiger partial charge on any atom is -0.352 e. The molecule has 0 unspecified atom stereocenters. The number of nitrogens with two attached hydrogens (primary N) is 1. The molecule has 1 aromatic rings. The van der Waals surface area contributed by atoms with Crippen molar-refractivity contribution in [1.82, 2.24) is 10.6 Å². The third kappa shape index (κ3) is 4.54. The minimum atomic E-state index is -0.00912. The molecule has 0 aliphatic carbocycles. The molecule has 0 heterocycles. The maximum Gasteiger partial charge on any atom is 0.251 e. The van der Waals surface area contributed by atoms with E-state index in [1.54, 1.807) is 0 Å². The van der Waals surface area contributed by atoms with Gasteiger partial charge in [-0.1, -0.05) is 18.2 Å². The zero-order valence-electron chi connectivity index (χ0n) is 10.3. The quantitative estimate of drug-likeness (QED) is 0.604. The van der Waals surface area contributed by atoms with Crippen molar-refractivity contribution >= 4 is 5.91 Å². The van der Waals surface area contributed by atoms with Gasteiger partial charge in [-0.15, -0.1) is 0 Å². The van der Waals surface area contributed by atoms with Gasteiger partial charge < -0.3 is 16.4 Å². The summed E-state index contributed by atoms with van der Waals surface area (Å²) in [4.78, 5) is 11.9. The van der Waals surface area contributed by atoms with Crippen LogP contribution in [0.3, 0.4) is 0 Å². The maximum absolute atomic E-state index is 11.9. The Morgan fingerprint density at radius 1 is 1.29 bits per heavy atom. The van der Waals surface area contributed by atoms with Crippen molar-refractivity contribution in [1.29, 1.82) is 0 Å². The Balaban J connectivity index is 2.64. The Bertz CT molecular complexity index is 352. The Labute approximate surface area is 103 Å². The number of amides is 1. The first-order valence-corrected chi connectivity index (χ1v) is 6.00. The van der Waals surface area contributed by atoms with Crippen molar-refractivity contribution in [3.8, 4) is 0 Å². The summed E-state index contributed by atoms with van der Waals surface area (Å²) in [5.41, 5.74) is 7.23. The molecule has 4 N–H and O–H groups in total. The van der Waals surface area contributed by atoms with Gasteiger partial charge in [0, 0.05) is 12.1 Å². The van der Waals surface area contributed by atoms with Gasteiger partial charge in [0.15, 0.2) is 0 Å². The lowest BCUT2D eigenvalue weighted by molar-refractivity contribution is 0.0952. The van der Waals surface area contributed by atoms with Crippen LogP contribution in [0, 0.1) is 0 Å². The van der Waals surface area contributed by atoms with Crippen molar-refractivity contribution in [2.75, 3.05) is 26.7 Å². The Kier molecular flexibility index (Phi) is 6.29. The first-order valence-electron chi connectivity index (χ1n) is 6.00. The fourth-order valence-electron chi connectivity index (χ4n) is 1.62. The number of carbonyl (C=O) groups is 1. The Morgan fingerprint density at radius 3 is 2.76 bits per heavy atom. The van der Waals surface area contributed by atoms with E-state index in [2.05, 4.69) is 10.6 Å². The van der Waals surface area contributed by atoms with Crippen LogP contribution in [-0.2, 0) is 6.42 Å². The molecule has 0 saturated heterocycles. The highest BCUT2D eigenvalue weighted by Crippen LogP contribution is 2.09. The molecule has 0 radical (unpaired) electrons. The zero-order chi connectivity index (χ0) is 12.5. The predicted molar refractivity (Wildman–Crippen MR) is 70.1 cm³/mol. The van der Waals surface area contributed by atoms with Crippen LogP contribution in [0.15, 0.2) is 24.3 Å². The van der Waals surface area contributed by atoms with Gasteiger partial charge in [-0.25, -0.2) is 0 Å². The highest BCUT2D eigenvalue weighted by atomic mass is 16.1. The summed E-state index contributed by atoms with van der Waals surface area (Å²) in [5, 5.41) is 5.96. The summed E-state index contributed by atoms with van der Waals surface area (Å²) in [7, 11) is 1.91. The Hall–Kier alpha value is -1.39. The van der Waals surface area contributed by atoms with Gasteiger partial charge in [0.25, 0.3) is 5.91 Å². The topological polar surface area (TPSA) is 67.2 Å². The number of nitrogens with one attached hydrogen (secondary N) is 2. The summed E-state index contributed by atoms with van der Waals surface area (Å²) < 4.78 is 0. The number of carbonyl (C=O) groups excluding carboxylic acids is 1. The van der Waals surface area contributed by atoms with E-state index in [-0.39, 0.29) is 5.91 Å². The van der Waals surface area contributed by atoms with E-state index >= 15 is 0 Å². The molecule has 1 rings (SSSR count). The lowest BCUT2D eigenvalue weighted by atomic mass is 10.0. The summed E-state index contributed by atoms with van der Waals surface area (Å²) >= 11 is 0. The fraction of sp³-hybridized carbons (Fsp3) is 0.462. The van der Waals surface area contributed by atoms with Crippen LogP contribution in [0.2, 0.25) is 0 Å². The Morgan fingerprint density at radius 2 is 2.06 bits per heavy atom. The second-order valence-electron chi connectivity index (χ2n) is 3.91. The minimum absolute atomic E-state index is 0.00912. The second kappa shape index (κ2) is 7.81. The molecule has 1 aromatic carbocycles. The number of benzene rings is 1. The lowest BCUT2D eigenvalue weighted by Crippen LogP contribution is -2.27. The molecule has 4 nitrogen and oxygen atoms in total. The molecule has 0 bridgehead atoms. The first-order chi connectivity index (χ1) is 8.29. The predicted octanol–water partition coefficient (Wildman–Crippen LogP) is 0.527. The van der Waals surface area contributed by atoms with Crippen LogP contribution in [0.5, 0.6) is 0 Å². The average molecular weight is 235 g/mol. The number of hydrogen-bond donors (Lipinski definition) is 3. The molecule has 17 heavy (non-hydrogen) atoms. The molecule has 0 aromatic heterocycles. The molecule has 0 aliphatic rings. The third-order valence-electron chi connectivity index (χ3n) is 2.57. The highest BCUT2D eigenvalue weighted by molar-refractivity contribution is 5.95. The van der Waals surface area contributed by atoms with Crippen LogP contribution in [0.25, 0.3) is 0 Å². The summed E-state index contributed by atoms with van der Waals surface area (Å²) in [6.07, 6.45) is 1.67. The average Bonchev–Trinajstić information content (AvgIpc) is 2.37. The fourth-order valence-corrected chi connectivity index (χ4v) is 1.62. The van der Waals surface area contributed by atoms with Crippen molar-refractivity contribution in [3.05, 3.63) is 35.4 Å². The number of rotatable bonds is 7.